The van der Waals surface area contributed by atoms with Crippen LogP contribution < -0.4 is 0 Å². The fourth-order valence-electron chi connectivity index (χ4n) is 2.56. The van der Waals surface area contributed by atoms with E-state index in [0.717, 1.165) is 38.2 Å². The highest BCUT2D eigenvalue weighted by molar-refractivity contribution is 5.08. The molecule has 0 aromatic rings. The van der Waals surface area contributed by atoms with Gasteiger partial charge in [-0.15, -0.1) is 0 Å². The molecule has 0 spiro atoms. The number of unbranched alkanes of at least 4 members (excludes halogenated alkanes) is 7. The van der Waals surface area contributed by atoms with Crippen LogP contribution >= 0.6 is 0 Å². The lowest BCUT2D eigenvalue weighted by molar-refractivity contribution is -0.399. The molecule has 0 fully saturated rings. The van der Waals surface area contributed by atoms with Gasteiger partial charge in [-0.3, -0.25) is 0 Å². The molecular weight excluding hydrogens is 491 g/mol. The summed E-state index contributed by atoms with van der Waals surface area (Å²) in [5.41, 5.74) is 0. The van der Waals surface area contributed by atoms with Gasteiger partial charge in [-0.2, -0.15) is 39.5 Å². The average Bonchev–Trinajstić information content (AvgIpc) is 2.72. The predicted molar refractivity (Wildman–Crippen MR) is 93.3 cm³/mol. The molecule has 0 saturated carbocycles. The van der Waals surface area contributed by atoms with E-state index < -0.39 is 48.8 Å². The third kappa shape index (κ3) is 7.56. The van der Waals surface area contributed by atoms with Gasteiger partial charge in [-0.05, 0) is 18.9 Å². The maximum absolute atomic E-state index is 13.6. The summed E-state index contributed by atoms with van der Waals surface area (Å²) in [6.45, 7) is 2.01. The van der Waals surface area contributed by atoms with Gasteiger partial charge < -0.3 is 4.74 Å². The van der Waals surface area contributed by atoms with Crippen LogP contribution in [0.3, 0.4) is 0 Å². The molecule has 3 unspecified atom stereocenters. The maximum Gasteiger partial charge on any atom is 0.385 e. The zero-order chi connectivity index (χ0) is 26.1. The summed E-state index contributed by atoms with van der Waals surface area (Å²) >= 11 is 0. The van der Waals surface area contributed by atoms with E-state index in [1.54, 1.807) is 0 Å². The minimum absolute atomic E-state index is 0.103. The van der Waals surface area contributed by atoms with Crippen molar-refractivity contribution in [3.63, 3.8) is 0 Å². The van der Waals surface area contributed by atoms with Gasteiger partial charge in [0.15, 0.2) is 6.17 Å². The number of hydrogen-bond donors (Lipinski definition) is 0. The number of allylic oxidation sites excluding steroid dienone is 1. The molecule has 0 saturated heterocycles. The molecular formula is C19H25F13O. The molecule has 0 aromatic heterocycles. The maximum atomic E-state index is 13.6. The van der Waals surface area contributed by atoms with E-state index in [4.69, 9.17) is 0 Å². The molecule has 198 valence electrons. The third-order valence-electron chi connectivity index (χ3n) is 4.65. The van der Waals surface area contributed by atoms with Gasteiger partial charge in [0.1, 0.15) is 0 Å². The first-order valence-electron chi connectivity index (χ1n) is 10.0. The van der Waals surface area contributed by atoms with Gasteiger partial charge in [0.25, 0.3) is 6.43 Å². The number of ether oxygens (including phenoxy) is 1. The molecule has 0 aliphatic heterocycles. The Morgan fingerprint density at radius 3 is 1.61 bits per heavy atom. The van der Waals surface area contributed by atoms with Crippen molar-refractivity contribution in [3.05, 3.63) is 12.3 Å². The van der Waals surface area contributed by atoms with Crippen LogP contribution in [0.15, 0.2) is 12.3 Å². The van der Waals surface area contributed by atoms with Crippen LogP contribution in [-0.4, -0.2) is 48.8 Å². The summed E-state index contributed by atoms with van der Waals surface area (Å²) in [5.74, 6) is -28.6. The van der Waals surface area contributed by atoms with Crippen LogP contribution in [0, 0.1) is 0 Å². The molecule has 0 rings (SSSR count). The quantitative estimate of drug-likeness (QED) is 0.107. The lowest BCUT2D eigenvalue weighted by Crippen LogP contribution is -2.68. The second-order valence-electron chi connectivity index (χ2n) is 7.31. The lowest BCUT2D eigenvalue weighted by atomic mass is 9.93. The normalized spacial score (nSPS) is 16.9. The van der Waals surface area contributed by atoms with Crippen molar-refractivity contribution in [1.29, 1.82) is 0 Å². The topological polar surface area (TPSA) is 9.23 Å². The number of hydrogen-bond acceptors (Lipinski definition) is 1. The number of alkyl halides is 13. The van der Waals surface area contributed by atoms with E-state index in [1.165, 1.54) is 0 Å². The Morgan fingerprint density at radius 2 is 1.12 bits per heavy atom. The van der Waals surface area contributed by atoms with Crippen LogP contribution in [0.5, 0.6) is 0 Å². The molecule has 0 radical (unpaired) electrons. The highest BCUT2D eigenvalue weighted by atomic mass is 19.4. The fraction of sp³-hybridized carbons (Fsp3) is 0.895. The Kier molecular flexibility index (Phi) is 12.4. The minimum Gasteiger partial charge on any atom is -0.462 e. The molecule has 0 amide bonds. The second-order valence-corrected chi connectivity index (χ2v) is 7.31. The first-order valence-corrected chi connectivity index (χ1v) is 10.0. The summed E-state index contributed by atoms with van der Waals surface area (Å²) in [4.78, 5) is 0. The first-order chi connectivity index (χ1) is 15.0. The summed E-state index contributed by atoms with van der Waals surface area (Å²) in [6, 6.07) is 0. The van der Waals surface area contributed by atoms with Crippen molar-refractivity contribution in [2.24, 2.45) is 0 Å². The van der Waals surface area contributed by atoms with Gasteiger partial charge in [-0.1, -0.05) is 45.4 Å². The van der Waals surface area contributed by atoms with Crippen LogP contribution in [0.1, 0.15) is 58.3 Å². The number of halogens is 13. The van der Waals surface area contributed by atoms with E-state index in [1.807, 2.05) is 6.92 Å². The summed E-state index contributed by atoms with van der Waals surface area (Å²) < 4.78 is 175. The SMILES string of the molecule is CCCCCCCCCC=COC(F)C(F)(F)C(F)(F)C(F)(F)C(F)(F)C(F)C(F)C(F)F. The van der Waals surface area contributed by atoms with Crippen LogP contribution in [-0.2, 0) is 4.74 Å². The van der Waals surface area contributed by atoms with E-state index in [2.05, 4.69) is 4.74 Å². The van der Waals surface area contributed by atoms with Gasteiger partial charge in [-0.25, -0.2) is 17.6 Å². The third-order valence-corrected chi connectivity index (χ3v) is 4.65. The second kappa shape index (κ2) is 12.9. The Labute approximate surface area is 182 Å². The largest absolute Gasteiger partial charge is 0.462 e. The molecule has 0 N–H and O–H groups in total. The molecule has 0 heterocycles. The Balaban J connectivity index is 5.10. The molecule has 0 aliphatic carbocycles. The van der Waals surface area contributed by atoms with Crippen LogP contribution in [0.4, 0.5) is 57.1 Å². The summed E-state index contributed by atoms with van der Waals surface area (Å²) in [7, 11) is 0. The van der Waals surface area contributed by atoms with E-state index in [0.29, 0.717) is 12.8 Å². The Hall–Kier alpha value is -1.37. The van der Waals surface area contributed by atoms with Crippen molar-refractivity contribution in [2.45, 2.75) is 107 Å². The van der Waals surface area contributed by atoms with E-state index >= 15 is 0 Å². The van der Waals surface area contributed by atoms with Crippen molar-refractivity contribution in [3.8, 4) is 0 Å². The summed E-state index contributed by atoms with van der Waals surface area (Å²) in [5, 5.41) is 0. The predicted octanol–water partition coefficient (Wildman–Crippen LogP) is 8.44. The molecule has 1 nitrogen and oxygen atoms in total. The Bertz CT molecular complexity index is 580. The van der Waals surface area contributed by atoms with E-state index in [9.17, 15) is 57.1 Å². The first kappa shape index (κ1) is 31.6. The molecule has 0 aliphatic rings. The van der Waals surface area contributed by atoms with Crippen LogP contribution in [0.2, 0.25) is 0 Å². The van der Waals surface area contributed by atoms with Crippen molar-refractivity contribution >= 4 is 0 Å². The minimum atomic E-state index is -7.47. The molecule has 33 heavy (non-hydrogen) atoms. The number of rotatable bonds is 17. The van der Waals surface area contributed by atoms with Crippen LogP contribution in [0.25, 0.3) is 0 Å². The van der Waals surface area contributed by atoms with Crippen molar-refractivity contribution in [1.82, 2.24) is 0 Å². The highest BCUT2D eigenvalue weighted by Gasteiger charge is 2.85. The summed E-state index contributed by atoms with van der Waals surface area (Å²) in [6.07, 6.45) is -12.2. The standard InChI is InChI=1S/C19H25F13O/c1-2-3-4-5-6-7-8-9-10-11-33-15(24)17(27,28)19(31,32)18(29,30)16(25,26)13(21)12(20)14(22)23/h10-15H,2-9H2,1H3. The van der Waals surface area contributed by atoms with Gasteiger partial charge in [0.2, 0.25) is 6.17 Å². The fourth-order valence-corrected chi connectivity index (χ4v) is 2.56. The molecule has 3 atom stereocenters. The molecule has 14 heteroatoms. The Morgan fingerprint density at radius 1 is 0.667 bits per heavy atom. The average molecular weight is 516 g/mol. The molecule has 0 aromatic carbocycles. The smallest absolute Gasteiger partial charge is 0.385 e. The van der Waals surface area contributed by atoms with Crippen molar-refractivity contribution < 1.29 is 61.8 Å². The van der Waals surface area contributed by atoms with E-state index in [-0.39, 0.29) is 12.7 Å². The zero-order valence-electron chi connectivity index (χ0n) is 17.4. The van der Waals surface area contributed by atoms with Gasteiger partial charge >= 0.3 is 30.0 Å². The van der Waals surface area contributed by atoms with Gasteiger partial charge in [0, 0.05) is 0 Å². The zero-order valence-corrected chi connectivity index (χ0v) is 17.4. The molecule has 0 bridgehead atoms. The van der Waals surface area contributed by atoms with Gasteiger partial charge in [0.05, 0.1) is 6.26 Å². The van der Waals surface area contributed by atoms with Crippen molar-refractivity contribution in [2.75, 3.05) is 0 Å². The lowest BCUT2D eigenvalue weighted by Gasteiger charge is -2.38. The highest BCUT2D eigenvalue weighted by Crippen LogP contribution is 2.56. The monoisotopic (exact) mass is 516 g/mol.